The Bertz CT molecular complexity index is 388. The first-order chi connectivity index (χ1) is 9.15. The summed E-state index contributed by atoms with van der Waals surface area (Å²) in [6.07, 6.45) is 3.63. The second kappa shape index (κ2) is 7.02. The van der Waals surface area contributed by atoms with Crippen molar-refractivity contribution >= 4 is 22.9 Å². The van der Waals surface area contributed by atoms with Crippen molar-refractivity contribution in [1.82, 2.24) is 14.8 Å². The summed E-state index contributed by atoms with van der Waals surface area (Å²) in [7, 11) is 4.47. The number of hydrogen-bond donors (Lipinski definition) is 0. The minimum Gasteiger partial charge on any atom is -0.306 e. The van der Waals surface area contributed by atoms with Crippen molar-refractivity contribution in [3.05, 3.63) is 16.1 Å². The highest BCUT2D eigenvalue weighted by atomic mass is 35.5. The predicted molar refractivity (Wildman–Crippen MR) is 83.0 cm³/mol. The summed E-state index contributed by atoms with van der Waals surface area (Å²) in [6.45, 7) is 4.66. The molecule has 1 aromatic rings. The number of nitrogens with zero attached hydrogens (tertiary/aromatic N) is 3. The summed E-state index contributed by atoms with van der Waals surface area (Å²) in [5, 5.41) is 3.31. The van der Waals surface area contributed by atoms with Gasteiger partial charge in [0.05, 0.1) is 17.6 Å². The molecule has 0 amide bonds. The fourth-order valence-electron chi connectivity index (χ4n) is 2.83. The summed E-state index contributed by atoms with van der Waals surface area (Å²) >= 11 is 7.61. The molecule has 1 atom stereocenters. The van der Waals surface area contributed by atoms with Gasteiger partial charge in [-0.3, -0.25) is 4.90 Å². The number of likely N-dealkylation sites (tertiary alicyclic amines) is 1. The summed E-state index contributed by atoms with van der Waals surface area (Å²) in [5.74, 6) is 0.519. The summed E-state index contributed by atoms with van der Waals surface area (Å²) in [4.78, 5) is 9.61. The van der Waals surface area contributed by atoms with Gasteiger partial charge >= 0.3 is 0 Å². The monoisotopic (exact) mass is 301 g/mol. The number of alkyl halides is 1. The Morgan fingerprint density at radius 1 is 1.53 bits per heavy atom. The average molecular weight is 302 g/mol. The Hall–Kier alpha value is -0.160. The van der Waals surface area contributed by atoms with Gasteiger partial charge < -0.3 is 4.90 Å². The first kappa shape index (κ1) is 15.2. The highest BCUT2D eigenvalue weighted by Crippen LogP contribution is 2.30. The van der Waals surface area contributed by atoms with Crippen LogP contribution in [0.5, 0.6) is 0 Å². The Morgan fingerprint density at radius 3 is 2.74 bits per heavy atom. The van der Waals surface area contributed by atoms with Crippen LogP contribution in [0.25, 0.3) is 0 Å². The van der Waals surface area contributed by atoms with E-state index in [0.717, 1.165) is 12.1 Å². The number of rotatable bonds is 5. The molecule has 1 fully saturated rings. The second-order valence-corrected chi connectivity index (χ2v) is 6.59. The van der Waals surface area contributed by atoms with Crippen LogP contribution in [0.3, 0.4) is 0 Å². The smallest absolute Gasteiger partial charge is 0.110 e. The molecule has 0 N–H and O–H groups in total. The molecule has 3 nitrogen and oxygen atoms in total. The molecule has 0 radical (unpaired) electrons. The lowest BCUT2D eigenvalue weighted by Gasteiger charge is -2.38. The second-order valence-electron chi connectivity index (χ2n) is 5.43. The highest BCUT2D eigenvalue weighted by Gasteiger charge is 2.27. The minimum atomic E-state index is 0.440. The zero-order chi connectivity index (χ0) is 13.8. The van der Waals surface area contributed by atoms with Crippen molar-refractivity contribution < 1.29 is 0 Å². The third-order valence-corrected chi connectivity index (χ3v) is 5.40. The van der Waals surface area contributed by atoms with Gasteiger partial charge in [0.25, 0.3) is 0 Å². The van der Waals surface area contributed by atoms with E-state index in [0.29, 0.717) is 18.0 Å². The molecule has 1 aliphatic heterocycles. The van der Waals surface area contributed by atoms with Crippen LogP contribution >= 0.6 is 22.9 Å². The van der Waals surface area contributed by atoms with Gasteiger partial charge in [-0.25, -0.2) is 4.98 Å². The van der Waals surface area contributed by atoms with E-state index in [-0.39, 0.29) is 0 Å². The highest BCUT2D eigenvalue weighted by molar-refractivity contribution is 7.09. The van der Waals surface area contributed by atoms with E-state index < -0.39 is 0 Å². The van der Waals surface area contributed by atoms with Crippen LogP contribution in [0.1, 0.15) is 42.9 Å². The van der Waals surface area contributed by atoms with Gasteiger partial charge in [0.1, 0.15) is 5.01 Å². The lowest BCUT2D eigenvalue weighted by atomic mass is 10.0. The first-order valence-electron chi connectivity index (χ1n) is 7.06. The fraction of sp³-hybridized carbons (Fsp3) is 0.786. The quantitative estimate of drug-likeness (QED) is 0.778. The van der Waals surface area contributed by atoms with E-state index in [4.69, 9.17) is 11.6 Å². The van der Waals surface area contributed by atoms with E-state index in [1.165, 1.54) is 30.9 Å². The lowest BCUT2D eigenvalue weighted by molar-refractivity contribution is 0.104. The van der Waals surface area contributed by atoms with Crippen molar-refractivity contribution in [2.75, 3.05) is 27.2 Å². The molecule has 5 heteroatoms. The van der Waals surface area contributed by atoms with Crippen molar-refractivity contribution in [3.8, 4) is 0 Å². The minimum absolute atomic E-state index is 0.440. The van der Waals surface area contributed by atoms with E-state index in [2.05, 4.69) is 41.2 Å². The van der Waals surface area contributed by atoms with Crippen molar-refractivity contribution in [3.63, 3.8) is 0 Å². The number of piperidine rings is 1. The topological polar surface area (TPSA) is 19.4 Å². The number of halogens is 1. The van der Waals surface area contributed by atoms with E-state index in [1.807, 2.05) is 0 Å². The van der Waals surface area contributed by atoms with Crippen LogP contribution in [0.4, 0.5) is 0 Å². The van der Waals surface area contributed by atoms with E-state index in [1.54, 1.807) is 11.3 Å². The van der Waals surface area contributed by atoms with E-state index in [9.17, 15) is 0 Å². The molecule has 19 heavy (non-hydrogen) atoms. The normalized spacial score (nSPS) is 20.1. The average Bonchev–Trinajstić information content (AvgIpc) is 2.89. The molecule has 0 bridgehead atoms. The van der Waals surface area contributed by atoms with Gasteiger partial charge in [-0.2, -0.15) is 0 Å². The van der Waals surface area contributed by atoms with Crippen LogP contribution in [0.2, 0.25) is 0 Å². The Labute approximate surface area is 125 Å². The molecule has 1 aromatic heterocycles. The molecular weight excluding hydrogens is 278 g/mol. The fourth-order valence-corrected chi connectivity index (χ4v) is 4.11. The van der Waals surface area contributed by atoms with Crippen molar-refractivity contribution in [2.24, 2.45) is 0 Å². The molecule has 0 saturated carbocycles. The maximum atomic E-state index is 5.86. The maximum Gasteiger partial charge on any atom is 0.110 e. The SMILES string of the molecule is CCC(c1nc(CCl)cs1)N(C)C1CCN(C)CC1. The third-order valence-electron chi connectivity index (χ3n) is 4.13. The van der Waals surface area contributed by atoms with Gasteiger partial charge in [-0.1, -0.05) is 6.92 Å². The largest absolute Gasteiger partial charge is 0.306 e. The van der Waals surface area contributed by atoms with Crippen molar-refractivity contribution in [1.29, 1.82) is 0 Å². The summed E-state index contributed by atoms with van der Waals surface area (Å²) < 4.78 is 0. The number of thiazole rings is 1. The summed E-state index contributed by atoms with van der Waals surface area (Å²) in [5.41, 5.74) is 1.01. The van der Waals surface area contributed by atoms with Crippen LogP contribution < -0.4 is 0 Å². The zero-order valence-corrected chi connectivity index (χ0v) is 13.7. The standard InChI is InChI=1S/C14H24ClN3S/c1-4-13(14-16-11(9-15)10-19-14)18(3)12-5-7-17(2)8-6-12/h10,12-13H,4-9H2,1-3H3. The zero-order valence-electron chi connectivity index (χ0n) is 12.1. The van der Waals surface area contributed by atoms with Crippen LogP contribution in [-0.4, -0.2) is 48.0 Å². The Balaban J connectivity index is 2.04. The number of hydrogen-bond acceptors (Lipinski definition) is 4. The molecule has 2 heterocycles. The summed E-state index contributed by atoms with van der Waals surface area (Å²) in [6, 6.07) is 1.12. The molecule has 1 aliphatic rings. The van der Waals surface area contributed by atoms with Crippen molar-refractivity contribution in [2.45, 2.75) is 44.1 Å². The molecular formula is C14H24ClN3S. The Kier molecular flexibility index (Phi) is 5.63. The van der Waals surface area contributed by atoms with Crippen LogP contribution in [-0.2, 0) is 5.88 Å². The van der Waals surface area contributed by atoms with Crippen LogP contribution in [0.15, 0.2) is 5.38 Å². The van der Waals surface area contributed by atoms with Gasteiger partial charge in [0.15, 0.2) is 0 Å². The molecule has 1 unspecified atom stereocenters. The molecule has 2 rings (SSSR count). The molecule has 0 aromatic carbocycles. The van der Waals surface area contributed by atoms with Gasteiger partial charge in [0, 0.05) is 11.4 Å². The number of aromatic nitrogens is 1. The Morgan fingerprint density at radius 2 is 2.21 bits per heavy atom. The third kappa shape index (κ3) is 3.69. The molecule has 0 spiro atoms. The lowest BCUT2D eigenvalue weighted by Crippen LogP contribution is -2.43. The van der Waals surface area contributed by atoms with Crippen LogP contribution in [0, 0.1) is 0 Å². The molecule has 0 aliphatic carbocycles. The van der Waals surface area contributed by atoms with Gasteiger partial charge in [-0.15, -0.1) is 22.9 Å². The van der Waals surface area contributed by atoms with E-state index >= 15 is 0 Å². The predicted octanol–water partition coefficient (Wildman–Crippen LogP) is 3.36. The molecule has 108 valence electrons. The van der Waals surface area contributed by atoms with Gasteiger partial charge in [0.2, 0.25) is 0 Å². The van der Waals surface area contributed by atoms with Gasteiger partial charge in [-0.05, 0) is 46.4 Å². The molecule has 1 saturated heterocycles. The maximum absolute atomic E-state index is 5.86. The first-order valence-corrected chi connectivity index (χ1v) is 8.47.